The Kier molecular flexibility index (Phi) is 2.43. The van der Waals surface area contributed by atoms with E-state index >= 15 is 0 Å². The van der Waals surface area contributed by atoms with E-state index in [1.54, 1.807) is 11.6 Å². The van der Waals surface area contributed by atoms with Crippen LogP contribution < -0.4 is 0 Å². The van der Waals surface area contributed by atoms with Gasteiger partial charge >= 0.3 is 5.97 Å². The summed E-state index contributed by atoms with van der Waals surface area (Å²) < 4.78 is 1.63. The van der Waals surface area contributed by atoms with Crippen molar-refractivity contribution < 1.29 is 9.90 Å². The van der Waals surface area contributed by atoms with E-state index in [9.17, 15) is 4.79 Å². The molecule has 0 aliphatic heterocycles. The first kappa shape index (κ1) is 11.0. The number of carboxylic acids is 1. The summed E-state index contributed by atoms with van der Waals surface area (Å²) in [6.07, 6.45) is 0. The van der Waals surface area contributed by atoms with Gasteiger partial charge in [-0.15, -0.1) is 0 Å². The molecule has 2 aromatic rings. The Morgan fingerprint density at radius 3 is 2.56 bits per heavy atom. The molecule has 0 unspecified atom stereocenters. The number of aromatic carboxylic acids is 1. The lowest BCUT2D eigenvalue weighted by molar-refractivity contribution is 0.0686. The van der Waals surface area contributed by atoms with Crippen LogP contribution in [0.15, 0.2) is 12.1 Å². The molecule has 0 atom stereocenters. The zero-order valence-corrected chi connectivity index (χ0v) is 10.1. The highest BCUT2D eigenvalue weighted by molar-refractivity contribution is 6.35. The van der Waals surface area contributed by atoms with Crippen molar-refractivity contribution in [1.82, 2.24) is 4.57 Å². The summed E-state index contributed by atoms with van der Waals surface area (Å²) in [7, 11) is 1.72. The minimum atomic E-state index is -0.926. The van der Waals surface area contributed by atoms with Gasteiger partial charge in [-0.3, -0.25) is 0 Å². The number of hydrogen-bond acceptors (Lipinski definition) is 1. The second-order valence-corrected chi connectivity index (χ2v) is 4.39. The molecule has 0 bridgehead atoms. The fraction of sp³-hybridized carbons (Fsp3) is 0.250. The zero-order chi connectivity index (χ0) is 12.0. The zero-order valence-electron chi connectivity index (χ0n) is 9.34. The van der Waals surface area contributed by atoms with E-state index in [2.05, 4.69) is 0 Å². The highest BCUT2D eigenvalue weighted by atomic mass is 35.5. The maximum atomic E-state index is 11.1. The largest absolute Gasteiger partial charge is 0.477 e. The molecule has 1 aromatic heterocycles. The highest BCUT2D eigenvalue weighted by Gasteiger charge is 2.19. The quantitative estimate of drug-likeness (QED) is 0.828. The van der Waals surface area contributed by atoms with Gasteiger partial charge in [0.15, 0.2) is 0 Å². The number of fused-ring (bicyclic) bond motifs is 1. The summed E-state index contributed by atoms with van der Waals surface area (Å²) in [6, 6.07) is 3.80. The van der Waals surface area contributed by atoms with Crippen LogP contribution in [-0.2, 0) is 7.05 Å². The van der Waals surface area contributed by atoms with E-state index in [1.807, 2.05) is 26.0 Å². The number of nitrogens with zero attached hydrogens (tertiary/aromatic N) is 1. The van der Waals surface area contributed by atoms with Crippen LogP contribution in [0.1, 0.15) is 21.6 Å². The second kappa shape index (κ2) is 3.52. The molecule has 1 N–H and O–H groups in total. The molecule has 2 rings (SSSR count). The predicted molar refractivity (Wildman–Crippen MR) is 64.4 cm³/mol. The summed E-state index contributed by atoms with van der Waals surface area (Å²) in [5, 5.41) is 10.6. The van der Waals surface area contributed by atoms with Gasteiger partial charge in [0.05, 0.1) is 10.5 Å². The van der Waals surface area contributed by atoms with Crippen molar-refractivity contribution in [1.29, 1.82) is 0 Å². The Morgan fingerprint density at radius 2 is 2.00 bits per heavy atom. The molecular formula is C12H12ClNO2. The van der Waals surface area contributed by atoms with Gasteiger partial charge in [0, 0.05) is 12.4 Å². The van der Waals surface area contributed by atoms with Gasteiger partial charge in [0.2, 0.25) is 0 Å². The van der Waals surface area contributed by atoms with Gasteiger partial charge in [-0.05, 0) is 37.1 Å². The lowest BCUT2D eigenvalue weighted by atomic mass is 10.1. The fourth-order valence-electron chi connectivity index (χ4n) is 2.16. The second-order valence-electron chi connectivity index (χ2n) is 3.98. The van der Waals surface area contributed by atoms with Gasteiger partial charge in [0.1, 0.15) is 5.69 Å². The fourth-order valence-corrected chi connectivity index (χ4v) is 2.56. The third-order valence-electron chi connectivity index (χ3n) is 2.84. The normalized spacial score (nSPS) is 11.0. The molecule has 84 valence electrons. The maximum Gasteiger partial charge on any atom is 0.352 e. The Balaban J connectivity index is 2.99. The molecule has 0 aliphatic rings. The van der Waals surface area contributed by atoms with Crippen LogP contribution in [0.3, 0.4) is 0 Å². The Labute approximate surface area is 98.3 Å². The molecule has 0 aliphatic carbocycles. The Bertz CT molecular complexity index is 599. The van der Waals surface area contributed by atoms with E-state index in [4.69, 9.17) is 16.7 Å². The van der Waals surface area contributed by atoms with E-state index in [0.717, 1.165) is 22.0 Å². The number of rotatable bonds is 1. The van der Waals surface area contributed by atoms with Crippen LogP contribution in [-0.4, -0.2) is 15.6 Å². The molecule has 0 fully saturated rings. The average molecular weight is 238 g/mol. The summed E-state index contributed by atoms with van der Waals surface area (Å²) in [4.78, 5) is 11.1. The number of carboxylic acid groups (broad SMARTS) is 1. The molecule has 0 spiro atoms. The number of carbonyl (C=O) groups is 1. The van der Waals surface area contributed by atoms with Crippen molar-refractivity contribution in [3.05, 3.63) is 34.0 Å². The molecule has 0 saturated carbocycles. The van der Waals surface area contributed by atoms with Crippen molar-refractivity contribution in [3.63, 3.8) is 0 Å². The minimum Gasteiger partial charge on any atom is -0.477 e. The predicted octanol–water partition coefficient (Wildman–Crippen LogP) is 3.15. The van der Waals surface area contributed by atoms with Crippen molar-refractivity contribution in [2.75, 3.05) is 0 Å². The molecule has 0 radical (unpaired) electrons. The molecule has 4 heteroatoms. The number of benzene rings is 1. The first-order valence-electron chi connectivity index (χ1n) is 4.92. The van der Waals surface area contributed by atoms with Crippen molar-refractivity contribution in [2.45, 2.75) is 13.8 Å². The monoisotopic (exact) mass is 237 g/mol. The van der Waals surface area contributed by atoms with E-state index in [-0.39, 0.29) is 0 Å². The lowest BCUT2D eigenvalue weighted by Crippen LogP contribution is -2.05. The summed E-state index contributed by atoms with van der Waals surface area (Å²) in [6.45, 7) is 3.75. The van der Waals surface area contributed by atoms with Crippen molar-refractivity contribution in [2.24, 2.45) is 7.05 Å². The van der Waals surface area contributed by atoms with Crippen LogP contribution in [0, 0.1) is 13.8 Å². The van der Waals surface area contributed by atoms with Gasteiger partial charge in [-0.2, -0.15) is 0 Å². The average Bonchev–Trinajstić information content (AvgIpc) is 2.38. The molecule has 1 heterocycles. The first-order valence-corrected chi connectivity index (χ1v) is 5.29. The smallest absolute Gasteiger partial charge is 0.352 e. The Morgan fingerprint density at radius 1 is 1.38 bits per heavy atom. The molecular weight excluding hydrogens is 226 g/mol. The summed E-state index contributed by atoms with van der Waals surface area (Å²) in [5.74, 6) is -0.926. The Hall–Kier alpha value is -1.48. The van der Waals surface area contributed by atoms with Gasteiger partial charge in [0.25, 0.3) is 0 Å². The van der Waals surface area contributed by atoms with Crippen LogP contribution in [0.4, 0.5) is 0 Å². The maximum absolute atomic E-state index is 11.1. The molecule has 0 saturated heterocycles. The summed E-state index contributed by atoms with van der Waals surface area (Å²) >= 11 is 6.14. The van der Waals surface area contributed by atoms with Gasteiger partial charge < -0.3 is 9.67 Å². The van der Waals surface area contributed by atoms with Crippen molar-refractivity contribution >= 4 is 28.5 Å². The first-order chi connectivity index (χ1) is 7.43. The van der Waals surface area contributed by atoms with Crippen LogP contribution in [0.25, 0.3) is 10.9 Å². The number of halogens is 1. The number of hydrogen-bond donors (Lipinski definition) is 1. The molecule has 16 heavy (non-hydrogen) atoms. The molecule has 0 amide bonds. The van der Waals surface area contributed by atoms with Gasteiger partial charge in [-0.1, -0.05) is 11.6 Å². The number of aryl methyl sites for hydroxylation is 3. The standard InChI is InChI=1S/C12H12ClNO2/c1-6-4-8-7(2)10(12(15)16)14(3)11(8)9(13)5-6/h4-5H,1-3H3,(H,15,16). The topological polar surface area (TPSA) is 42.2 Å². The van der Waals surface area contributed by atoms with E-state index < -0.39 is 5.97 Å². The van der Waals surface area contributed by atoms with Crippen LogP contribution in [0.5, 0.6) is 0 Å². The van der Waals surface area contributed by atoms with Crippen LogP contribution in [0.2, 0.25) is 5.02 Å². The lowest BCUT2D eigenvalue weighted by Gasteiger charge is -2.02. The highest BCUT2D eigenvalue weighted by Crippen LogP contribution is 2.31. The third-order valence-corrected chi connectivity index (χ3v) is 3.13. The SMILES string of the molecule is Cc1cc(Cl)c2c(c1)c(C)c(C(=O)O)n2C. The van der Waals surface area contributed by atoms with E-state index in [0.29, 0.717) is 10.7 Å². The summed E-state index contributed by atoms with van der Waals surface area (Å²) in [5.41, 5.74) is 2.86. The molecule has 3 nitrogen and oxygen atoms in total. The third kappa shape index (κ3) is 1.39. The molecule has 1 aromatic carbocycles. The van der Waals surface area contributed by atoms with Crippen LogP contribution >= 0.6 is 11.6 Å². The van der Waals surface area contributed by atoms with E-state index in [1.165, 1.54) is 0 Å². The number of aromatic nitrogens is 1. The minimum absolute atomic E-state index is 0.294. The van der Waals surface area contributed by atoms with Crippen molar-refractivity contribution in [3.8, 4) is 0 Å². The van der Waals surface area contributed by atoms with Gasteiger partial charge in [-0.25, -0.2) is 4.79 Å².